The van der Waals surface area contributed by atoms with Crippen LogP contribution < -0.4 is 18.9 Å². The summed E-state index contributed by atoms with van der Waals surface area (Å²) in [7, 11) is 5.15. The maximum Gasteiger partial charge on any atom is 0.300 e. The van der Waals surface area contributed by atoms with Crippen LogP contribution in [0.15, 0.2) is 11.5 Å². The number of carbonyl (C=O) groups is 4. The zero-order valence-electron chi connectivity index (χ0n) is 17.1. The normalized spacial score (nSPS) is 11.8. The number of carbonyl (C=O) groups excluding carboxylic acids is 2. The first-order chi connectivity index (χ1) is 13.9. The predicted octanol–water partition coefficient (Wildman–Crippen LogP) is 1.61. The minimum atomic E-state index is -1.06. The van der Waals surface area contributed by atoms with Crippen LogP contribution in [0.3, 0.4) is 0 Å². The largest absolute Gasteiger partial charge is 0.501 e. The Morgan fingerprint density at radius 1 is 0.600 bits per heavy atom. The van der Waals surface area contributed by atoms with Crippen molar-refractivity contribution in [2.75, 3.05) is 28.4 Å². The van der Waals surface area contributed by atoms with Gasteiger partial charge in [0.15, 0.2) is 11.5 Å². The number of hydrogen-bond donors (Lipinski definition) is 4. The molecule has 0 fully saturated rings. The molecule has 0 spiro atoms. The number of aliphatic hydroxyl groups is 2. The minimum absolute atomic E-state index is 0.0240. The maximum absolute atomic E-state index is 12.2. The fourth-order valence-electron chi connectivity index (χ4n) is 2.31. The van der Waals surface area contributed by atoms with Crippen LogP contribution in [0.4, 0.5) is 0 Å². The molecule has 4 N–H and O–H groups in total. The molecule has 1 aromatic rings. The first kappa shape index (κ1) is 26.0. The van der Waals surface area contributed by atoms with Crippen molar-refractivity contribution < 1.29 is 58.6 Å². The standard InChI is InChI=1S/C14H14O8.2C2H4O2/c1-19-11-5-6(8(16)10(18)9(17)7(5)15)12(20-2)14(22-4)13(11)21-3;2*1-2(3)4/h17-18H,1-4H3;2*1H3,(H,3,4). The minimum Gasteiger partial charge on any atom is -0.501 e. The number of ketones is 2. The number of hydrogen-bond acceptors (Lipinski definition) is 10. The second kappa shape index (κ2) is 11.1. The lowest BCUT2D eigenvalue weighted by Crippen LogP contribution is -2.24. The Labute approximate surface area is 170 Å². The smallest absolute Gasteiger partial charge is 0.300 e. The third kappa shape index (κ3) is 5.53. The van der Waals surface area contributed by atoms with Gasteiger partial charge in [-0.3, -0.25) is 19.2 Å². The molecule has 0 aromatic heterocycles. The van der Waals surface area contributed by atoms with Crippen LogP contribution in [0.1, 0.15) is 34.6 Å². The molecule has 2 rings (SSSR count). The third-order valence-electron chi connectivity index (χ3n) is 3.25. The molecule has 0 unspecified atom stereocenters. The van der Waals surface area contributed by atoms with Crippen molar-refractivity contribution in [3.05, 3.63) is 22.6 Å². The Bertz CT molecular complexity index is 803. The number of methoxy groups -OCH3 is 4. The average molecular weight is 430 g/mol. The van der Waals surface area contributed by atoms with E-state index in [0.29, 0.717) is 0 Å². The number of benzene rings is 1. The first-order valence-corrected chi connectivity index (χ1v) is 7.91. The summed E-state index contributed by atoms with van der Waals surface area (Å²) >= 11 is 0. The van der Waals surface area contributed by atoms with Crippen LogP contribution in [0.25, 0.3) is 0 Å². The number of allylic oxidation sites excluding steroid dienone is 2. The molecule has 0 radical (unpaired) electrons. The fourth-order valence-corrected chi connectivity index (χ4v) is 2.31. The molecule has 0 heterocycles. The number of rotatable bonds is 4. The summed E-state index contributed by atoms with van der Waals surface area (Å²) < 4.78 is 20.6. The van der Waals surface area contributed by atoms with E-state index in [4.69, 9.17) is 38.7 Å². The summed E-state index contributed by atoms with van der Waals surface area (Å²) in [5.41, 5.74) is -0.533. The van der Waals surface area contributed by atoms with E-state index in [1.165, 1.54) is 28.4 Å². The zero-order chi connectivity index (χ0) is 23.8. The number of aliphatic hydroxyl groups excluding tert-OH is 2. The van der Waals surface area contributed by atoms with Crippen LogP contribution in [0.5, 0.6) is 23.0 Å². The van der Waals surface area contributed by atoms with Gasteiger partial charge in [-0.05, 0) is 0 Å². The maximum atomic E-state index is 12.2. The molecule has 12 nitrogen and oxygen atoms in total. The van der Waals surface area contributed by atoms with E-state index in [1.54, 1.807) is 0 Å². The van der Waals surface area contributed by atoms with Crippen molar-refractivity contribution in [2.24, 2.45) is 0 Å². The van der Waals surface area contributed by atoms with Crippen molar-refractivity contribution in [1.82, 2.24) is 0 Å². The predicted molar refractivity (Wildman–Crippen MR) is 100 cm³/mol. The van der Waals surface area contributed by atoms with Crippen molar-refractivity contribution in [2.45, 2.75) is 13.8 Å². The number of aliphatic carboxylic acids is 2. The van der Waals surface area contributed by atoms with E-state index >= 15 is 0 Å². The van der Waals surface area contributed by atoms with Crippen LogP contribution in [-0.4, -0.2) is 72.4 Å². The van der Waals surface area contributed by atoms with Crippen molar-refractivity contribution in [1.29, 1.82) is 0 Å². The van der Waals surface area contributed by atoms with Gasteiger partial charge in [0.2, 0.25) is 34.6 Å². The van der Waals surface area contributed by atoms with Gasteiger partial charge in [0.25, 0.3) is 11.9 Å². The van der Waals surface area contributed by atoms with E-state index < -0.39 is 35.0 Å². The van der Waals surface area contributed by atoms with Gasteiger partial charge in [0.1, 0.15) is 0 Å². The van der Waals surface area contributed by atoms with Gasteiger partial charge < -0.3 is 39.4 Å². The molecule has 1 aliphatic rings. The monoisotopic (exact) mass is 430 g/mol. The number of Topliss-reactive ketones (excluding diaryl/α,β-unsaturated/α-hetero) is 2. The Balaban J connectivity index is 0.000000901. The molecule has 0 aliphatic heterocycles. The lowest BCUT2D eigenvalue weighted by molar-refractivity contribution is -0.135. The van der Waals surface area contributed by atoms with E-state index in [0.717, 1.165) is 13.8 Å². The van der Waals surface area contributed by atoms with E-state index in [-0.39, 0.29) is 34.1 Å². The van der Waals surface area contributed by atoms with Gasteiger partial charge in [-0.2, -0.15) is 0 Å². The van der Waals surface area contributed by atoms with Gasteiger partial charge in [0.05, 0.1) is 39.6 Å². The SMILES string of the molecule is CC(=O)O.CC(=O)O.COc1c(OC)c(OC)c2c(c1OC)C(=O)C(O)=C(O)C2=O. The molecule has 166 valence electrons. The molecular formula is C18H22O12. The van der Waals surface area contributed by atoms with Gasteiger partial charge in [-0.25, -0.2) is 0 Å². The van der Waals surface area contributed by atoms with Crippen molar-refractivity contribution in [3.8, 4) is 23.0 Å². The fraction of sp³-hybridized carbons (Fsp3) is 0.333. The quantitative estimate of drug-likeness (QED) is 0.541. The van der Waals surface area contributed by atoms with Gasteiger partial charge in [-0.15, -0.1) is 0 Å². The Morgan fingerprint density at radius 3 is 0.967 bits per heavy atom. The van der Waals surface area contributed by atoms with Gasteiger partial charge >= 0.3 is 0 Å². The number of carboxylic acid groups (broad SMARTS) is 2. The Hall–Kier alpha value is -3.96. The Kier molecular flexibility index (Phi) is 9.67. The molecule has 12 heteroatoms. The van der Waals surface area contributed by atoms with Crippen LogP contribution in [-0.2, 0) is 9.59 Å². The molecule has 1 aromatic carbocycles. The first-order valence-electron chi connectivity index (χ1n) is 7.91. The van der Waals surface area contributed by atoms with E-state index in [1.807, 2.05) is 0 Å². The summed E-state index contributed by atoms with van der Waals surface area (Å²) in [4.78, 5) is 42.5. The van der Waals surface area contributed by atoms with Gasteiger partial charge in [-0.1, -0.05) is 0 Å². The van der Waals surface area contributed by atoms with Crippen molar-refractivity contribution >= 4 is 23.5 Å². The highest BCUT2D eigenvalue weighted by Gasteiger charge is 2.41. The van der Waals surface area contributed by atoms with E-state index in [2.05, 4.69) is 0 Å². The summed E-state index contributed by atoms with van der Waals surface area (Å²) in [6.07, 6.45) is 0. The van der Waals surface area contributed by atoms with Crippen LogP contribution in [0.2, 0.25) is 0 Å². The molecule has 0 amide bonds. The molecule has 0 saturated heterocycles. The average Bonchev–Trinajstić information content (AvgIpc) is 2.67. The topological polar surface area (TPSA) is 186 Å². The second-order valence-electron chi connectivity index (χ2n) is 5.28. The summed E-state index contributed by atoms with van der Waals surface area (Å²) in [6.45, 7) is 2.17. The molecule has 0 atom stereocenters. The molecular weight excluding hydrogens is 408 g/mol. The highest BCUT2D eigenvalue weighted by Crippen LogP contribution is 2.51. The highest BCUT2D eigenvalue weighted by atomic mass is 16.5. The molecule has 1 aliphatic carbocycles. The van der Waals surface area contributed by atoms with E-state index in [9.17, 15) is 19.8 Å². The number of fused-ring (bicyclic) bond motifs is 1. The van der Waals surface area contributed by atoms with Crippen molar-refractivity contribution in [3.63, 3.8) is 0 Å². The zero-order valence-corrected chi connectivity index (χ0v) is 17.1. The van der Waals surface area contributed by atoms with Crippen LogP contribution >= 0.6 is 0 Å². The number of carboxylic acids is 2. The number of ether oxygens (including phenoxy) is 4. The van der Waals surface area contributed by atoms with Crippen LogP contribution in [0, 0.1) is 0 Å². The summed E-state index contributed by atoms with van der Waals surface area (Å²) in [6, 6.07) is 0. The summed E-state index contributed by atoms with van der Waals surface area (Å²) in [5.74, 6) is -5.92. The summed E-state index contributed by atoms with van der Waals surface area (Å²) in [5, 5.41) is 34.1. The second-order valence-corrected chi connectivity index (χ2v) is 5.28. The molecule has 0 saturated carbocycles. The lowest BCUT2D eigenvalue weighted by atomic mass is 9.89. The lowest BCUT2D eigenvalue weighted by Gasteiger charge is -2.23. The highest BCUT2D eigenvalue weighted by molar-refractivity contribution is 6.28. The third-order valence-corrected chi connectivity index (χ3v) is 3.25. The van der Waals surface area contributed by atoms with Gasteiger partial charge in [0, 0.05) is 13.8 Å². The Morgan fingerprint density at radius 2 is 0.800 bits per heavy atom. The molecule has 30 heavy (non-hydrogen) atoms. The molecule has 0 bridgehead atoms.